The van der Waals surface area contributed by atoms with Crippen LogP contribution in [0.3, 0.4) is 0 Å². The smallest absolute Gasteiger partial charge is 0.315 e. The fourth-order valence-electron chi connectivity index (χ4n) is 2.20. The van der Waals surface area contributed by atoms with Gasteiger partial charge in [-0.25, -0.2) is 4.79 Å². The molecule has 0 spiro atoms. The quantitative estimate of drug-likeness (QED) is 0.859. The standard InChI is InChI=1S/C15H22N4OS/c1-18(2)14(13-7-4-8-19(13)3)11-17-15(20)16-10-12-6-5-9-21-12/h4-9,14H,10-11H2,1-3H3,(H2,16,17,20). The summed E-state index contributed by atoms with van der Waals surface area (Å²) in [6.07, 6.45) is 2.02. The van der Waals surface area contributed by atoms with Crippen LogP contribution in [0.25, 0.3) is 0 Å². The molecule has 0 aliphatic rings. The van der Waals surface area contributed by atoms with Crippen molar-refractivity contribution in [1.82, 2.24) is 20.1 Å². The van der Waals surface area contributed by atoms with Crippen molar-refractivity contribution in [3.8, 4) is 0 Å². The van der Waals surface area contributed by atoms with Crippen molar-refractivity contribution in [3.63, 3.8) is 0 Å². The summed E-state index contributed by atoms with van der Waals surface area (Å²) in [4.78, 5) is 15.1. The summed E-state index contributed by atoms with van der Waals surface area (Å²) in [5.41, 5.74) is 1.18. The molecule has 2 heterocycles. The highest BCUT2D eigenvalue weighted by Gasteiger charge is 2.17. The molecule has 0 aromatic carbocycles. The zero-order valence-electron chi connectivity index (χ0n) is 12.7. The van der Waals surface area contributed by atoms with Gasteiger partial charge in [-0.05, 0) is 37.7 Å². The van der Waals surface area contributed by atoms with Crippen molar-refractivity contribution in [3.05, 3.63) is 46.4 Å². The van der Waals surface area contributed by atoms with E-state index in [1.807, 2.05) is 50.9 Å². The predicted molar refractivity (Wildman–Crippen MR) is 86.4 cm³/mol. The van der Waals surface area contributed by atoms with Gasteiger partial charge in [-0.15, -0.1) is 11.3 Å². The summed E-state index contributed by atoms with van der Waals surface area (Å²) in [6, 6.07) is 8.11. The first kappa shape index (κ1) is 15.6. The van der Waals surface area contributed by atoms with E-state index in [1.165, 1.54) is 5.69 Å². The van der Waals surface area contributed by atoms with E-state index >= 15 is 0 Å². The molecule has 2 aromatic rings. The average Bonchev–Trinajstić information content (AvgIpc) is 3.08. The Balaban J connectivity index is 1.84. The van der Waals surface area contributed by atoms with Crippen LogP contribution >= 0.6 is 11.3 Å². The molecule has 6 heteroatoms. The van der Waals surface area contributed by atoms with Crippen molar-refractivity contribution in [2.45, 2.75) is 12.6 Å². The number of hydrogen-bond donors (Lipinski definition) is 2. The van der Waals surface area contributed by atoms with E-state index in [0.29, 0.717) is 13.1 Å². The highest BCUT2D eigenvalue weighted by Crippen LogP contribution is 2.17. The lowest BCUT2D eigenvalue weighted by Crippen LogP contribution is -2.40. The minimum atomic E-state index is -0.135. The molecular weight excluding hydrogens is 284 g/mol. The molecule has 2 amide bonds. The van der Waals surface area contributed by atoms with Gasteiger partial charge in [0.2, 0.25) is 0 Å². The molecule has 5 nitrogen and oxygen atoms in total. The van der Waals surface area contributed by atoms with E-state index in [-0.39, 0.29) is 12.1 Å². The number of carbonyl (C=O) groups excluding carboxylic acids is 1. The van der Waals surface area contributed by atoms with Gasteiger partial charge in [-0.3, -0.25) is 4.90 Å². The minimum absolute atomic E-state index is 0.135. The largest absolute Gasteiger partial charge is 0.353 e. The number of hydrogen-bond acceptors (Lipinski definition) is 3. The Morgan fingerprint density at radius 1 is 1.33 bits per heavy atom. The molecule has 0 radical (unpaired) electrons. The van der Waals surface area contributed by atoms with Crippen molar-refractivity contribution in [2.24, 2.45) is 7.05 Å². The zero-order valence-corrected chi connectivity index (χ0v) is 13.5. The van der Waals surface area contributed by atoms with Crippen LogP contribution in [-0.2, 0) is 13.6 Å². The molecule has 21 heavy (non-hydrogen) atoms. The third-order valence-corrected chi connectivity index (χ3v) is 4.28. The van der Waals surface area contributed by atoms with Gasteiger partial charge < -0.3 is 15.2 Å². The van der Waals surface area contributed by atoms with Crippen LogP contribution in [0, 0.1) is 0 Å². The van der Waals surface area contributed by atoms with Crippen LogP contribution in [0.2, 0.25) is 0 Å². The normalized spacial score (nSPS) is 12.4. The summed E-state index contributed by atoms with van der Waals surface area (Å²) >= 11 is 1.64. The molecule has 114 valence electrons. The summed E-state index contributed by atoms with van der Waals surface area (Å²) in [6.45, 7) is 1.14. The predicted octanol–water partition coefficient (Wildman–Crippen LogP) is 2.19. The first-order valence-electron chi connectivity index (χ1n) is 6.89. The fourth-order valence-corrected chi connectivity index (χ4v) is 2.85. The van der Waals surface area contributed by atoms with E-state index in [0.717, 1.165) is 4.88 Å². The van der Waals surface area contributed by atoms with Gasteiger partial charge in [0.05, 0.1) is 12.6 Å². The van der Waals surface area contributed by atoms with Crippen molar-refractivity contribution < 1.29 is 4.79 Å². The third kappa shape index (κ3) is 4.34. The zero-order chi connectivity index (χ0) is 15.2. The summed E-state index contributed by atoms with van der Waals surface area (Å²) < 4.78 is 2.08. The lowest BCUT2D eigenvalue weighted by atomic mass is 10.2. The van der Waals surface area contributed by atoms with Crippen LogP contribution in [-0.4, -0.2) is 36.1 Å². The number of thiophene rings is 1. The molecule has 1 atom stereocenters. The van der Waals surface area contributed by atoms with Gasteiger partial charge in [0, 0.05) is 30.4 Å². The highest BCUT2D eigenvalue weighted by atomic mass is 32.1. The second-order valence-corrected chi connectivity index (χ2v) is 6.20. The number of aryl methyl sites for hydroxylation is 1. The molecule has 0 saturated heterocycles. The first-order valence-corrected chi connectivity index (χ1v) is 7.77. The van der Waals surface area contributed by atoms with Gasteiger partial charge in [0.15, 0.2) is 0 Å². The van der Waals surface area contributed by atoms with Crippen LogP contribution in [0.1, 0.15) is 16.6 Å². The molecule has 0 fully saturated rings. The maximum Gasteiger partial charge on any atom is 0.315 e. The van der Waals surface area contributed by atoms with Gasteiger partial charge in [0.25, 0.3) is 0 Å². The molecule has 1 unspecified atom stereocenters. The number of carbonyl (C=O) groups is 1. The Labute approximate surface area is 129 Å². The number of likely N-dealkylation sites (N-methyl/N-ethyl adjacent to an activating group) is 1. The molecule has 0 aliphatic carbocycles. The SMILES string of the molecule is CN(C)C(CNC(=O)NCc1cccs1)c1cccn1C. The first-order chi connectivity index (χ1) is 10.1. The Kier molecular flexibility index (Phi) is 5.41. The second kappa shape index (κ2) is 7.28. The second-order valence-electron chi connectivity index (χ2n) is 5.17. The van der Waals surface area contributed by atoms with E-state index < -0.39 is 0 Å². The average molecular weight is 306 g/mol. The monoisotopic (exact) mass is 306 g/mol. The topological polar surface area (TPSA) is 49.3 Å². The molecule has 2 aromatic heterocycles. The molecule has 2 rings (SSSR count). The molecule has 0 saturated carbocycles. The molecule has 2 N–H and O–H groups in total. The number of urea groups is 1. The fraction of sp³-hybridized carbons (Fsp3) is 0.400. The van der Waals surface area contributed by atoms with E-state index in [4.69, 9.17) is 0 Å². The Morgan fingerprint density at radius 3 is 2.71 bits per heavy atom. The van der Waals surface area contributed by atoms with Gasteiger partial charge in [0.1, 0.15) is 0 Å². The van der Waals surface area contributed by atoms with Crippen molar-refractivity contribution >= 4 is 17.4 Å². The number of amides is 2. The van der Waals surface area contributed by atoms with Crippen molar-refractivity contribution in [2.75, 3.05) is 20.6 Å². The van der Waals surface area contributed by atoms with Crippen LogP contribution in [0.4, 0.5) is 4.79 Å². The maximum absolute atomic E-state index is 11.9. The Hall–Kier alpha value is -1.79. The van der Waals surface area contributed by atoms with Crippen LogP contribution < -0.4 is 10.6 Å². The third-order valence-electron chi connectivity index (χ3n) is 3.41. The lowest BCUT2D eigenvalue weighted by molar-refractivity contribution is 0.231. The van der Waals surface area contributed by atoms with E-state index in [2.05, 4.69) is 26.2 Å². The minimum Gasteiger partial charge on any atom is -0.353 e. The van der Waals surface area contributed by atoms with Gasteiger partial charge in [-0.2, -0.15) is 0 Å². The molecule has 0 bridgehead atoms. The maximum atomic E-state index is 11.9. The van der Waals surface area contributed by atoms with E-state index in [1.54, 1.807) is 11.3 Å². The number of nitrogens with one attached hydrogen (secondary N) is 2. The van der Waals surface area contributed by atoms with Gasteiger partial charge in [-0.1, -0.05) is 6.07 Å². The van der Waals surface area contributed by atoms with Crippen LogP contribution in [0.15, 0.2) is 35.8 Å². The van der Waals surface area contributed by atoms with Crippen LogP contribution in [0.5, 0.6) is 0 Å². The summed E-state index contributed by atoms with van der Waals surface area (Å²) in [5, 5.41) is 7.82. The molecular formula is C15H22N4OS. The summed E-state index contributed by atoms with van der Waals surface area (Å²) in [5.74, 6) is 0. The lowest BCUT2D eigenvalue weighted by Gasteiger charge is -2.25. The van der Waals surface area contributed by atoms with E-state index in [9.17, 15) is 4.79 Å². The van der Waals surface area contributed by atoms with Crippen molar-refractivity contribution in [1.29, 1.82) is 0 Å². The van der Waals surface area contributed by atoms with Gasteiger partial charge >= 0.3 is 6.03 Å². The number of aromatic nitrogens is 1. The highest BCUT2D eigenvalue weighted by molar-refractivity contribution is 7.09. The Morgan fingerprint density at radius 2 is 2.14 bits per heavy atom. The number of rotatable bonds is 6. The Bertz CT molecular complexity index is 562. The number of nitrogens with zero attached hydrogens (tertiary/aromatic N) is 2. The molecule has 0 aliphatic heterocycles. The summed E-state index contributed by atoms with van der Waals surface area (Å²) in [7, 11) is 6.05.